The van der Waals surface area contributed by atoms with E-state index in [-0.39, 0.29) is 0 Å². The maximum atomic E-state index is 4.34. The van der Waals surface area contributed by atoms with E-state index in [0.29, 0.717) is 6.04 Å². The van der Waals surface area contributed by atoms with Crippen molar-refractivity contribution in [2.24, 2.45) is 7.05 Å². The standard InChI is InChI=1S/C14H18BrN3/c1-10-8-14(18(3)17-10)9-16-11(2)12-4-6-13(15)7-5-12/h4-8,11,16H,9H2,1-3H3. The molecule has 0 amide bonds. The van der Waals surface area contributed by atoms with Crippen molar-refractivity contribution in [3.8, 4) is 0 Å². The third-order valence-corrected chi connectivity index (χ3v) is 3.59. The Balaban J connectivity index is 1.98. The zero-order chi connectivity index (χ0) is 13.1. The zero-order valence-corrected chi connectivity index (χ0v) is 12.5. The number of rotatable bonds is 4. The molecular formula is C14H18BrN3. The molecule has 1 heterocycles. The van der Waals surface area contributed by atoms with E-state index in [2.05, 4.69) is 63.6 Å². The first-order valence-corrected chi connectivity index (χ1v) is 6.84. The molecule has 0 saturated heterocycles. The first kappa shape index (κ1) is 13.3. The van der Waals surface area contributed by atoms with Gasteiger partial charge >= 0.3 is 0 Å². The van der Waals surface area contributed by atoms with Crippen molar-refractivity contribution in [2.45, 2.75) is 26.4 Å². The van der Waals surface area contributed by atoms with Crippen molar-refractivity contribution in [3.63, 3.8) is 0 Å². The Hall–Kier alpha value is -1.13. The van der Waals surface area contributed by atoms with Crippen LogP contribution in [0.3, 0.4) is 0 Å². The zero-order valence-electron chi connectivity index (χ0n) is 10.9. The highest BCUT2D eigenvalue weighted by Crippen LogP contribution is 2.17. The van der Waals surface area contributed by atoms with E-state index < -0.39 is 0 Å². The summed E-state index contributed by atoms with van der Waals surface area (Å²) >= 11 is 3.45. The first-order valence-electron chi connectivity index (χ1n) is 6.04. The second-order valence-electron chi connectivity index (χ2n) is 4.55. The average molecular weight is 308 g/mol. The molecule has 0 radical (unpaired) electrons. The molecule has 2 rings (SSSR count). The van der Waals surface area contributed by atoms with Gasteiger partial charge in [-0.15, -0.1) is 0 Å². The Bertz CT molecular complexity index is 516. The highest BCUT2D eigenvalue weighted by atomic mass is 79.9. The van der Waals surface area contributed by atoms with Crippen LogP contribution in [0.4, 0.5) is 0 Å². The summed E-state index contributed by atoms with van der Waals surface area (Å²) in [5, 5.41) is 7.86. The molecule has 96 valence electrons. The van der Waals surface area contributed by atoms with E-state index in [1.54, 1.807) is 0 Å². The van der Waals surface area contributed by atoms with E-state index in [1.807, 2.05) is 18.7 Å². The van der Waals surface area contributed by atoms with Gasteiger partial charge in [0.25, 0.3) is 0 Å². The maximum absolute atomic E-state index is 4.34. The van der Waals surface area contributed by atoms with E-state index in [0.717, 1.165) is 16.7 Å². The SMILES string of the molecule is Cc1cc(CNC(C)c2ccc(Br)cc2)n(C)n1. The number of benzene rings is 1. The van der Waals surface area contributed by atoms with Gasteiger partial charge in [-0.25, -0.2) is 0 Å². The number of nitrogens with one attached hydrogen (secondary N) is 1. The van der Waals surface area contributed by atoms with Crippen LogP contribution in [0.1, 0.15) is 29.9 Å². The molecule has 0 bridgehead atoms. The molecule has 0 fully saturated rings. The molecule has 1 aromatic carbocycles. The number of hydrogen-bond acceptors (Lipinski definition) is 2. The Morgan fingerprint density at radius 1 is 1.33 bits per heavy atom. The van der Waals surface area contributed by atoms with Crippen molar-refractivity contribution in [1.29, 1.82) is 0 Å². The van der Waals surface area contributed by atoms with Gasteiger partial charge in [0.1, 0.15) is 0 Å². The molecule has 0 saturated carbocycles. The molecule has 0 aliphatic carbocycles. The van der Waals surface area contributed by atoms with Gasteiger partial charge < -0.3 is 5.32 Å². The topological polar surface area (TPSA) is 29.9 Å². The molecule has 2 aromatic rings. The van der Waals surface area contributed by atoms with Crippen LogP contribution >= 0.6 is 15.9 Å². The van der Waals surface area contributed by atoms with Crippen molar-refractivity contribution >= 4 is 15.9 Å². The summed E-state index contributed by atoms with van der Waals surface area (Å²) in [5.41, 5.74) is 3.55. The lowest BCUT2D eigenvalue weighted by atomic mass is 10.1. The summed E-state index contributed by atoms with van der Waals surface area (Å²) in [4.78, 5) is 0. The molecule has 0 spiro atoms. The molecule has 1 unspecified atom stereocenters. The van der Waals surface area contributed by atoms with Crippen molar-refractivity contribution in [1.82, 2.24) is 15.1 Å². The van der Waals surface area contributed by atoms with Crippen LogP contribution in [-0.4, -0.2) is 9.78 Å². The summed E-state index contributed by atoms with van der Waals surface area (Å²) < 4.78 is 3.04. The number of hydrogen-bond donors (Lipinski definition) is 1. The summed E-state index contributed by atoms with van der Waals surface area (Å²) in [6.45, 7) is 5.02. The lowest BCUT2D eigenvalue weighted by Gasteiger charge is -2.14. The van der Waals surface area contributed by atoms with Crippen LogP contribution in [0.5, 0.6) is 0 Å². The van der Waals surface area contributed by atoms with Crippen LogP contribution in [0.15, 0.2) is 34.8 Å². The number of nitrogens with zero attached hydrogens (tertiary/aromatic N) is 2. The van der Waals surface area contributed by atoms with Crippen molar-refractivity contribution in [3.05, 3.63) is 51.8 Å². The lowest BCUT2D eigenvalue weighted by molar-refractivity contribution is 0.548. The third-order valence-electron chi connectivity index (χ3n) is 3.06. The summed E-state index contributed by atoms with van der Waals surface area (Å²) in [6, 6.07) is 10.9. The summed E-state index contributed by atoms with van der Waals surface area (Å²) in [6.07, 6.45) is 0. The minimum Gasteiger partial charge on any atom is -0.305 e. The second kappa shape index (κ2) is 5.67. The lowest BCUT2D eigenvalue weighted by Crippen LogP contribution is -2.19. The van der Waals surface area contributed by atoms with Crippen molar-refractivity contribution < 1.29 is 0 Å². The monoisotopic (exact) mass is 307 g/mol. The van der Waals surface area contributed by atoms with Crippen molar-refractivity contribution in [2.75, 3.05) is 0 Å². The Labute approximate surface area is 116 Å². The molecule has 0 aliphatic rings. The molecule has 1 N–H and O–H groups in total. The molecule has 3 nitrogen and oxygen atoms in total. The van der Waals surface area contributed by atoms with Crippen LogP contribution in [0.2, 0.25) is 0 Å². The Morgan fingerprint density at radius 3 is 2.56 bits per heavy atom. The fourth-order valence-electron chi connectivity index (χ4n) is 1.96. The van der Waals surface area contributed by atoms with Gasteiger partial charge in [-0.05, 0) is 37.6 Å². The Morgan fingerprint density at radius 2 is 2.00 bits per heavy atom. The molecule has 1 aromatic heterocycles. The summed E-state index contributed by atoms with van der Waals surface area (Å²) in [5.74, 6) is 0. The van der Waals surface area contributed by atoms with Gasteiger partial charge in [0, 0.05) is 24.1 Å². The van der Waals surface area contributed by atoms with Gasteiger partial charge in [-0.1, -0.05) is 28.1 Å². The predicted molar refractivity (Wildman–Crippen MR) is 77.3 cm³/mol. The van der Waals surface area contributed by atoms with E-state index in [9.17, 15) is 0 Å². The second-order valence-corrected chi connectivity index (χ2v) is 5.47. The molecule has 1 atom stereocenters. The van der Waals surface area contributed by atoms with Gasteiger partial charge in [-0.2, -0.15) is 5.10 Å². The smallest absolute Gasteiger partial charge is 0.0597 e. The fraction of sp³-hybridized carbons (Fsp3) is 0.357. The Kier molecular flexibility index (Phi) is 4.19. The first-order chi connectivity index (χ1) is 8.56. The van der Waals surface area contributed by atoms with Gasteiger partial charge in [0.2, 0.25) is 0 Å². The van der Waals surface area contributed by atoms with Gasteiger partial charge in [0.15, 0.2) is 0 Å². The molecule has 0 aliphatic heterocycles. The van der Waals surface area contributed by atoms with E-state index in [1.165, 1.54) is 11.3 Å². The van der Waals surface area contributed by atoms with Crippen LogP contribution < -0.4 is 5.32 Å². The summed E-state index contributed by atoms with van der Waals surface area (Å²) in [7, 11) is 1.98. The maximum Gasteiger partial charge on any atom is 0.0597 e. The highest BCUT2D eigenvalue weighted by Gasteiger charge is 2.07. The average Bonchev–Trinajstić information content (AvgIpc) is 2.66. The van der Waals surface area contributed by atoms with Crippen LogP contribution in [0, 0.1) is 6.92 Å². The minimum atomic E-state index is 0.327. The highest BCUT2D eigenvalue weighted by molar-refractivity contribution is 9.10. The van der Waals surface area contributed by atoms with E-state index in [4.69, 9.17) is 0 Å². The van der Waals surface area contributed by atoms with Gasteiger partial charge in [-0.3, -0.25) is 4.68 Å². The predicted octanol–water partition coefficient (Wildman–Crippen LogP) is 3.34. The number of halogens is 1. The minimum absolute atomic E-state index is 0.327. The molecule has 4 heteroatoms. The fourth-order valence-corrected chi connectivity index (χ4v) is 2.22. The third kappa shape index (κ3) is 3.21. The van der Waals surface area contributed by atoms with Gasteiger partial charge in [0.05, 0.1) is 11.4 Å². The molecular weight excluding hydrogens is 290 g/mol. The molecule has 18 heavy (non-hydrogen) atoms. The van der Waals surface area contributed by atoms with E-state index >= 15 is 0 Å². The quantitative estimate of drug-likeness (QED) is 0.939. The number of aromatic nitrogens is 2. The van der Waals surface area contributed by atoms with Crippen LogP contribution in [-0.2, 0) is 13.6 Å². The largest absolute Gasteiger partial charge is 0.305 e. The number of aryl methyl sites for hydroxylation is 2. The van der Waals surface area contributed by atoms with Crippen LogP contribution in [0.25, 0.3) is 0 Å². The normalized spacial score (nSPS) is 12.7.